The summed E-state index contributed by atoms with van der Waals surface area (Å²) in [6.45, 7) is 6.06. The summed E-state index contributed by atoms with van der Waals surface area (Å²) in [7, 11) is 2.18. The third-order valence-electron chi connectivity index (χ3n) is 5.38. The monoisotopic (exact) mass is 373 g/mol. The normalized spacial score (nSPS) is 20.6. The van der Waals surface area contributed by atoms with Crippen LogP contribution in [0.1, 0.15) is 18.4 Å². The van der Waals surface area contributed by atoms with Crippen molar-refractivity contribution in [2.24, 2.45) is 0 Å². The summed E-state index contributed by atoms with van der Waals surface area (Å²) in [5, 5.41) is 23.3. The molecule has 0 radical (unpaired) electrons. The van der Waals surface area contributed by atoms with Crippen LogP contribution in [0.5, 0.6) is 5.75 Å². The maximum absolute atomic E-state index is 10.3. The highest BCUT2D eigenvalue weighted by molar-refractivity contribution is 6.30. The molecule has 1 aromatic heterocycles. The Morgan fingerprint density at radius 2 is 2.12 bits per heavy atom. The lowest BCUT2D eigenvalue weighted by Gasteiger charge is -2.41. The predicted molar refractivity (Wildman–Crippen MR) is 105 cm³/mol. The zero-order chi connectivity index (χ0) is 18.3. The number of fused-ring (bicyclic) bond motifs is 1. The van der Waals surface area contributed by atoms with Crippen LogP contribution < -0.4 is 10.2 Å². The summed E-state index contributed by atoms with van der Waals surface area (Å²) in [5.41, 5.74) is 3.36. The number of hydrogen-bond donors (Lipinski definition) is 2. The molecule has 0 amide bonds. The largest absolute Gasteiger partial charge is 0.507 e. The number of phenols is 1. The van der Waals surface area contributed by atoms with Gasteiger partial charge in [-0.15, -0.1) is 10.2 Å². The van der Waals surface area contributed by atoms with Crippen LogP contribution in [-0.2, 0) is 0 Å². The Balaban J connectivity index is 1.72. The minimum atomic E-state index is 0.122. The number of aromatic hydroxyl groups is 1. The highest BCUT2D eigenvalue weighted by Gasteiger charge is 2.30. The number of rotatable bonds is 2. The van der Waals surface area contributed by atoms with E-state index in [0.717, 1.165) is 43.2 Å². The van der Waals surface area contributed by atoms with Gasteiger partial charge in [-0.05, 0) is 51.6 Å². The van der Waals surface area contributed by atoms with Gasteiger partial charge >= 0.3 is 0 Å². The molecule has 1 unspecified atom stereocenters. The second kappa shape index (κ2) is 6.93. The molecular formula is C19H24ClN5O. The maximum Gasteiger partial charge on any atom is 0.175 e. The topological polar surface area (TPSA) is 64.5 Å². The Labute approximate surface area is 158 Å². The smallest absolute Gasteiger partial charge is 0.175 e. The van der Waals surface area contributed by atoms with Crippen molar-refractivity contribution >= 4 is 23.1 Å². The number of nitrogens with one attached hydrogen (secondary N) is 1. The predicted octanol–water partition coefficient (Wildman–Crippen LogP) is 3.14. The van der Waals surface area contributed by atoms with Gasteiger partial charge in [0.25, 0.3) is 0 Å². The Morgan fingerprint density at radius 3 is 2.88 bits per heavy atom. The van der Waals surface area contributed by atoms with Crippen molar-refractivity contribution in [3.63, 3.8) is 0 Å². The molecule has 2 aliphatic rings. The van der Waals surface area contributed by atoms with Gasteiger partial charge in [0.05, 0.1) is 5.69 Å². The average Bonchev–Trinajstić information content (AvgIpc) is 2.62. The molecule has 2 aliphatic heterocycles. The van der Waals surface area contributed by atoms with Crippen LogP contribution in [0.3, 0.4) is 0 Å². The van der Waals surface area contributed by atoms with Crippen molar-refractivity contribution in [1.29, 1.82) is 0 Å². The molecule has 0 aliphatic carbocycles. The number of benzene rings is 1. The third-order valence-corrected chi connectivity index (χ3v) is 5.62. The van der Waals surface area contributed by atoms with E-state index in [1.54, 1.807) is 12.1 Å². The SMILES string of the molecule is Cc1c(-c2ccc(Cl)cc2O)nnc2c1NCCN2C1CCCN(C)C1. The Hall–Kier alpha value is -2.05. The Kier molecular flexibility index (Phi) is 4.63. The lowest BCUT2D eigenvalue weighted by Crippen LogP contribution is -2.50. The van der Waals surface area contributed by atoms with E-state index in [2.05, 4.69) is 32.4 Å². The van der Waals surface area contributed by atoms with Crippen molar-refractivity contribution in [3.8, 4) is 17.0 Å². The van der Waals surface area contributed by atoms with Gasteiger partial charge in [0.2, 0.25) is 0 Å². The molecule has 4 rings (SSSR count). The van der Waals surface area contributed by atoms with Gasteiger partial charge in [-0.3, -0.25) is 0 Å². The Bertz CT molecular complexity index is 828. The van der Waals surface area contributed by atoms with Crippen molar-refractivity contribution in [1.82, 2.24) is 15.1 Å². The van der Waals surface area contributed by atoms with Gasteiger partial charge in [0.15, 0.2) is 5.82 Å². The molecule has 6 nitrogen and oxygen atoms in total. The van der Waals surface area contributed by atoms with E-state index in [1.807, 2.05) is 6.92 Å². The fourth-order valence-corrected chi connectivity index (χ4v) is 4.20. The van der Waals surface area contributed by atoms with E-state index in [1.165, 1.54) is 18.9 Å². The summed E-state index contributed by atoms with van der Waals surface area (Å²) in [4.78, 5) is 4.78. The van der Waals surface area contributed by atoms with Gasteiger partial charge in [-0.1, -0.05) is 11.6 Å². The van der Waals surface area contributed by atoms with E-state index in [0.29, 0.717) is 22.3 Å². The number of piperidine rings is 1. The number of anilines is 2. The van der Waals surface area contributed by atoms with Crippen molar-refractivity contribution in [2.45, 2.75) is 25.8 Å². The van der Waals surface area contributed by atoms with Crippen LogP contribution in [0.4, 0.5) is 11.5 Å². The Morgan fingerprint density at radius 1 is 1.27 bits per heavy atom. The fourth-order valence-electron chi connectivity index (χ4n) is 4.04. The minimum absolute atomic E-state index is 0.122. The highest BCUT2D eigenvalue weighted by Crippen LogP contribution is 2.39. The van der Waals surface area contributed by atoms with E-state index in [-0.39, 0.29) is 5.75 Å². The summed E-state index contributed by atoms with van der Waals surface area (Å²) in [6.07, 6.45) is 2.40. The molecular weight excluding hydrogens is 350 g/mol. The standard InChI is InChI=1S/C19H24ClN5O/c1-12-17(15-6-5-13(20)10-16(15)26)22-23-19-18(12)21-7-9-25(19)14-4-3-8-24(2)11-14/h5-6,10,14,21,26H,3-4,7-9,11H2,1-2H3. The molecule has 1 aromatic carbocycles. The molecule has 0 saturated carbocycles. The highest BCUT2D eigenvalue weighted by atomic mass is 35.5. The molecule has 2 aromatic rings. The van der Waals surface area contributed by atoms with Crippen LogP contribution in [-0.4, -0.2) is 59.5 Å². The molecule has 0 bridgehead atoms. The van der Waals surface area contributed by atoms with Gasteiger partial charge in [-0.2, -0.15) is 0 Å². The number of likely N-dealkylation sites (N-methyl/N-ethyl adjacent to an activating group) is 1. The van der Waals surface area contributed by atoms with Crippen molar-refractivity contribution in [3.05, 3.63) is 28.8 Å². The molecule has 1 fully saturated rings. The lowest BCUT2D eigenvalue weighted by molar-refractivity contribution is 0.244. The molecule has 1 atom stereocenters. The molecule has 3 heterocycles. The minimum Gasteiger partial charge on any atom is -0.507 e. The first-order valence-corrected chi connectivity index (χ1v) is 9.47. The van der Waals surface area contributed by atoms with E-state index >= 15 is 0 Å². The average molecular weight is 374 g/mol. The summed E-state index contributed by atoms with van der Waals surface area (Å²) >= 11 is 5.96. The first-order chi connectivity index (χ1) is 12.5. The van der Waals surface area contributed by atoms with E-state index in [4.69, 9.17) is 11.6 Å². The first kappa shape index (κ1) is 17.4. The van der Waals surface area contributed by atoms with Crippen molar-refractivity contribution < 1.29 is 5.11 Å². The van der Waals surface area contributed by atoms with Gasteiger partial charge in [-0.25, -0.2) is 0 Å². The number of nitrogens with zero attached hydrogens (tertiary/aromatic N) is 4. The number of hydrogen-bond acceptors (Lipinski definition) is 6. The number of halogens is 1. The number of likely N-dealkylation sites (tertiary alicyclic amines) is 1. The lowest BCUT2D eigenvalue weighted by atomic mass is 10.0. The van der Waals surface area contributed by atoms with Crippen LogP contribution in [0.2, 0.25) is 5.02 Å². The number of phenolic OH excluding ortho intramolecular Hbond substituents is 1. The van der Waals surface area contributed by atoms with Gasteiger partial charge < -0.3 is 20.2 Å². The molecule has 1 saturated heterocycles. The fraction of sp³-hybridized carbons (Fsp3) is 0.474. The van der Waals surface area contributed by atoms with Crippen LogP contribution in [0.15, 0.2) is 18.2 Å². The zero-order valence-corrected chi connectivity index (χ0v) is 15.9. The molecule has 7 heteroatoms. The number of aromatic nitrogens is 2. The van der Waals surface area contributed by atoms with Crippen molar-refractivity contribution in [2.75, 3.05) is 43.4 Å². The van der Waals surface area contributed by atoms with Gasteiger partial charge in [0.1, 0.15) is 11.4 Å². The maximum atomic E-state index is 10.3. The first-order valence-electron chi connectivity index (χ1n) is 9.10. The third kappa shape index (κ3) is 3.08. The second-order valence-electron chi connectivity index (χ2n) is 7.21. The van der Waals surface area contributed by atoms with Crippen LogP contribution in [0, 0.1) is 6.92 Å². The molecule has 0 spiro atoms. The zero-order valence-electron chi connectivity index (χ0n) is 15.2. The quantitative estimate of drug-likeness (QED) is 0.843. The molecule has 26 heavy (non-hydrogen) atoms. The second-order valence-corrected chi connectivity index (χ2v) is 7.65. The summed E-state index contributed by atoms with van der Waals surface area (Å²) in [6, 6.07) is 5.56. The van der Waals surface area contributed by atoms with E-state index in [9.17, 15) is 5.11 Å². The molecule has 2 N–H and O–H groups in total. The summed E-state index contributed by atoms with van der Waals surface area (Å²) in [5.74, 6) is 1.04. The van der Waals surface area contributed by atoms with E-state index < -0.39 is 0 Å². The van der Waals surface area contributed by atoms with Crippen LogP contribution in [0.25, 0.3) is 11.3 Å². The van der Waals surface area contributed by atoms with Gasteiger partial charge in [0, 0.05) is 41.8 Å². The molecule has 138 valence electrons. The van der Waals surface area contributed by atoms with Crippen LogP contribution >= 0.6 is 11.6 Å². The summed E-state index contributed by atoms with van der Waals surface area (Å²) < 4.78 is 0.